The molecule has 0 aromatic heterocycles. The van der Waals surface area contributed by atoms with E-state index in [1.165, 1.54) is 5.56 Å². The van der Waals surface area contributed by atoms with E-state index in [1.54, 1.807) is 7.11 Å². The second-order valence-corrected chi connectivity index (χ2v) is 3.94. The lowest BCUT2D eigenvalue weighted by atomic mass is 10.0. The van der Waals surface area contributed by atoms with Crippen LogP contribution in [0.4, 0.5) is 0 Å². The van der Waals surface area contributed by atoms with Gasteiger partial charge in [-0.1, -0.05) is 6.07 Å². The monoisotopic (exact) mass is 234 g/mol. The van der Waals surface area contributed by atoms with Crippen LogP contribution in [0.15, 0.2) is 12.1 Å². The van der Waals surface area contributed by atoms with Gasteiger partial charge in [0.25, 0.3) is 0 Å². The van der Waals surface area contributed by atoms with Crippen molar-refractivity contribution in [2.45, 2.75) is 20.4 Å². The van der Waals surface area contributed by atoms with E-state index in [0.717, 1.165) is 16.9 Å². The molecule has 0 unspecified atom stereocenters. The largest absolute Gasteiger partial charge is 0.496 e. The summed E-state index contributed by atoms with van der Waals surface area (Å²) in [4.78, 5) is 0.206. The van der Waals surface area contributed by atoms with Gasteiger partial charge in [-0.25, -0.2) is 0 Å². The molecule has 1 rings (SSSR count). The van der Waals surface area contributed by atoms with E-state index < -0.39 is 0 Å². The molecule has 1 aromatic rings. The number of rotatable bonds is 3. The number of hydrogen-bond donors (Lipinski definition) is 1. The maximum atomic E-state index is 8.53. The van der Waals surface area contributed by atoms with Gasteiger partial charge in [-0.3, -0.25) is 0 Å². The third kappa shape index (κ3) is 2.94. The Balaban J connectivity index is 2.86. The van der Waals surface area contributed by atoms with Crippen molar-refractivity contribution >= 4 is 17.2 Å². The van der Waals surface area contributed by atoms with Gasteiger partial charge in [0.1, 0.15) is 11.8 Å². The van der Waals surface area contributed by atoms with Gasteiger partial charge in [0.15, 0.2) is 4.99 Å². The van der Waals surface area contributed by atoms with E-state index in [2.05, 4.69) is 11.4 Å². The van der Waals surface area contributed by atoms with Gasteiger partial charge in [-0.2, -0.15) is 5.26 Å². The predicted molar refractivity (Wildman–Crippen MR) is 67.5 cm³/mol. The third-order valence-electron chi connectivity index (χ3n) is 2.45. The van der Waals surface area contributed by atoms with Crippen molar-refractivity contribution in [1.29, 1.82) is 5.26 Å². The Labute approximate surface area is 101 Å². The maximum absolute atomic E-state index is 8.53. The summed E-state index contributed by atoms with van der Waals surface area (Å²) in [7, 11) is 1.65. The molecule has 84 valence electrons. The highest BCUT2D eigenvalue weighted by Gasteiger charge is 2.04. The molecule has 1 aromatic carbocycles. The lowest BCUT2D eigenvalue weighted by Crippen LogP contribution is -2.18. The van der Waals surface area contributed by atoms with Crippen LogP contribution < -0.4 is 10.1 Å². The number of methoxy groups -OCH3 is 1. The number of nitrogens with zero attached hydrogens (tertiary/aromatic N) is 1. The van der Waals surface area contributed by atoms with Gasteiger partial charge >= 0.3 is 0 Å². The van der Waals surface area contributed by atoms with Gasteiger partial charge < -0.3 is 10.1 Å². The van der Waals surface area contributed by atoms with Crippen molar-refractivity contribution in [2.24, 2.45) is 0 Å². The highest BCUT2D eigenvalue weighted by molar-refractivity contribution is 7.80. The topological polar surface area (TPSA) is 45.0 Å². The SMILES string of the molecule is COc1cc(CNC(=S)C#N)cc(C)c1C. The Morgan fingerprint density at radius 1 is 1.50 bits per heavy atom. The zero-order valence-corrected chi connectivity index (χ0v) is 10.4. The predicted octanol–water partition coefficient (Wildman–Crippen LogP) is 2.25. The molecule has 3 nitrogen and oxygen atoms in total. The van der Waals surface area contributed by atoms with E-state index >= 15 is 0 Å². The van der Waals surface area contributed by atoms with Crippen molar-refractivity contribution < 1.29 is 4.74 Å². The van der Waals surface area contributed by atoms with Crippen LogP contribution in [0.5, 0.6) is 5.75 Å². The number of hydrogen-bond acceptors (Lipinski definition) is 3. The first-order valence-corrected chi connectivity index (χ1v) is 5.31. The van der Waals surface area contributed by atoms with Crippen molar-refractivity contribution in [3.05, 3.63) is 28.8 Å². The van der Waals surface area contributed by atoms with Gasteiger partial charge in [0.2, 0.25) is 0 Å². The quantitative estimate of drug-likeness (QED) is 0.815. The fraction of sp³-hybridized carbons (Fsp3) is 0.333. The fourth-order valence-electron chi connectivity index (χ4n) is 1.43. The Hall–Kier alpha value is -1.60. The normalized spacial score (nSPS) is 9.38. The van der Waals surface area contributed by atoms with Gasteiger partial charge in [0, 0.05) is 6.54 Å². The molecule has 0 saturated carbocycles. The van der Waals surface area contributed by atoms with Crippen LogP contribution in [-0.4, -0.2) is 12.1 Å². The summed E-state index contributed by atoms with van der Waals surface area (Å²) in [6.45, 7) is 4.60. The standard InChI is InChI=1S/C12H14N2OS/c1-8-4-10(7-14-12(16)6-13)5-11(15-3)9(8)2/h4-5H,7H2,1-3H3,(H,14,16). The van der Waals surface area contributed by atoms with Gasteiger partial charge in [0.05, 0.1) is 7.11 Å². The number of nitriles is 1. The number of benzene rings is 1. The fourth-order valence-corrected chi connectivity index (χ4v) is 1.51. The van der Waals surface area contributed by atoms with Crippen LogP contribution in [0.2, 0.25) is 0 Å². The van der Waals surface area contributed by atoms with Crippen LogP contribution >= 0.6 is 12.2 Å². The Morgan fingerprint density at radius 3 is 2.75 bits per heavy atom. The molecular weight excluding hydrogens is 220 g/mol. The first-order chi connectivity index (χ1) is 7.58. The minimum absolute atomic E-state index is 0.206. The van der Waals surface area contributed by atoms with E-state index in [4.69, 9.17) is 22.2 Å². The molecule has 0 bridgehead atoms. The summed E-state index contributed by atoms with van der Waals surface area (Å²) < 4.78 is 5.27. The Morgan fingerprint density at radius 2 is 2.19 bits per heavy atom. The number of nitrogens with one attached hydrogen (secondary N) is 1. The van der Waals surface area contributed by atoms with Crippen LogP contribution in [0.1, 0.15) is 16.7 Å². The van der Waals surface area contributed by atoms with Crippen LogP contribution in [0.3, 0.4) is 0 Å². The summed E-state index contributed by atoms with van der Waals surface area (Å²) in [6, 6.07) is 5.89. The molecule has 4 heteroatoms. The minimum atomic E-state index is 0.206. The molecule has 0 aliphatic heterocycles. The first-order valence-electron chi connectivity index (χ1n) is 4.90. The molecule has 1 N–H and O–H groups in total. The molecule has 0 aliphatic carbocycles. The van der Waals surface area contributed by atoms with E-state index in [-0.39, 0.29) is 4.99 Å². The van der Waals surface area contributed by atoms with E-state index in [0.29, 0.717) is 6.54 Å². The molecule has 0 heterocycles. The molecule has 16 heavy (non-hydrogen) atoms. The summed E-state index contributed by atoms with van der Waals surface area (Å²) in [5, 5.41) is 11.4. The molecule has 0 amide bonds. The lowest BCUT2D eigenvalue weighted by Gasteiger charge is -2.11. The number of ether oxygens (including phenoxy) is 1. The van der Waals surface area contributed by atoms with Gasteiger partial charge in [-0.05, 0) is 48.8 Å². The molecule has 0 radical (unpaired) electrons. The van der Waals surface area contributed by atoms with Crippen molar-refractivity contribution in [2.75, 3.05) is 7.11 Å². The number of thiocarbonyl (C=S) groups is 1. The molecule has 0 spiro atoms. The van der Waals surface area contributed by atoms with Crippen molar-refractivity contribution in [3.8, 4) is 11.8 Å². The third-order valence-corrected chi connectivity index (χ3v) is 2.69. The molecule has 0 aliphatic rings. The smallest absolute Gasteiger partial charge is 0.178 e. The highest BCUT2D eigenvalue weighted by atomic mass is 32.1. The van der Waals surface area contributed by atoms with Crippen LogP contribution in [0.25, 0.3) is 0 Å². The Bertz CT molecular complexity index is 449. The Kier molecular flexibility index (Phi) is 4.27. The molecule has 0 saturated heterocycles. The summed E-state index contributed by atoms with van der Waals surface area (Å²) >= 11 is 4.77. The lowest BCUT2D eigenvalue weighted by molar-refractivity contribution is 0.410. The second-order valence-electron chi connectivity index (χ2n) is 3.53. The summed E-state index contributed by atoms with van der Waals surface area (Å²) in [6.07, 6.45) is 0. The van der Waals surface area contributed by atoms with Crippen LogP contribution in [-0.2, 0) is 6.54 Å². The highest BCUT2D eigenvalue weighted by Crippen LogP contribution is 2.23. The van der Waals surface area contributed by atoms with E-state index in [1.807, 2.05) is 26.0 Å². The average Bonchev–Trinajstić information content (AvgIpc) is 2.29. The second kappa shape index (κ2) is 5.47. The zero-order chi connectivity index (χ0) is 12.1. The van der Waals surface area contributed by atoms with Gasteiger partial charge in [-0.15, -0.1) is 0 Å². The van der Waals surface area contributed by atoms with Crippen LogP contribution in [0, 0.1) is 25.2 Å². The molecule has 0 fully saturated rings. The zero-order valence-electron chi connectivity index (χ0n) is 9.63. The summed E-state index contributed by atoms with van der Waals surface area (Å²) in [5.74, 6) is 0.861. The molecule has 0 atom stereocenters. The van der Waals surface area contributed by atoms with E-state index in [9.17, 15) is 0 Å². The minimum Gasteiger partial charge on any atom is -0.496 e. The first kappa shape index (κ1) is 12.5. The van der Waals surface area contributed by atoms with Crippen molar-refractivity contribution in [3.63, 3.8) is 0 Å². The van der Waals surface area contributed by atoms with Crippen molar-refractivity contribution in [1.82, 2.24) is 5.32 Å². The maximum Gasteiger partial charge on any atom is 0.178 e. The molecular formula is C12H14N2OS. The average molecular weight is 234 g/mol. The summed E-state index contributed by atoms with van der Waals surface area (Å²) in [5.41, 5.74) is 3.35. The number of aryl methyl sites for hydroxylation is 1.